The van der Waals surface area contributed by atoms with E-state index in [1.807, 2.05) is 6.07 Å². The van der Waals surface area contributed by atoms with E-state index >= 15 is 0 Å². The molecule has 0 aliphatic heterocycles. The van der Waals surface area contributed by atoms with Gasteiger partial charge in [0.15, 0.2) is 0 Å². The molecule has 33 heavy (non-hydrogen) atoms. The third-order valence-corrected chi connectivity index (χ3v) is 5.51. The Bertz CT molecular complexity index is 1430. The lowest BCUT2D eigenvalue weighted by atomic mass is 10.0. The van der Waals surface area contributed by atoms with Crippen molar-refractivity contribution in [3.8, 4) is 0 Å². The van der Waals surface area contributed by atoms with Crippen LogP contribution in [0.1, 0.15) is 30.1 Å². The van der Waals surface area contributed by atoms with E-state index in [0.717, 1.165) is 22.3 Å². The molecule has 6 nitrogen and oxygen atoms in total. The van der Waals surface area contributed by atoms with Crippen LogP contribution in [-0.2, 0) is 11.2 Å². The Hall–Kier alpha value is -4.07. The maximum absolute atomic E-state index is 14.2. The number of hydrogen-bond acceptors (Lipinski definition) is 3. The van der Waals surface area contributed by atoms with Crippen molar-refractivity contribution in [2.45, 2.75) is 25.4 Å². The number of amides is 1. The molecule has 0 radical (unpaired) electrons. The van der Waals surface area contributed by atoms with E-state index in [-0.39, 0.29) is 17.4 Å². The van der Waals surface area contributed by atoms with Gasteiger partial charge in [0.1, 0.15) is 17.7 Å². The number of aromatic nitrogens is 2. The van der Waals surface area contributed by atoms with E-state index in [2.05, 4.69) is 10.3 Å². The second-order valence-corrected chi connectivity index (χ2v) is 7.75. The highest BCUT2D eigenvalue weighted by Gasteiger charge is 2.27. The van der Waals surface area contributed by atoms with Crippen molar-refractivity contribution in [2.24, 2.45) is 0 Å². The topological polar surface area (TPSA) is 84.0 Å². The minimum Gasteiger partial charge on any atom is -0.348 e. The molecule has 1 amide bonds. The zero-order valence-electron chi connectivity index (χ0n) is 17.7. The van der Waals surface area contributed by atoms with Gasteiger partial charge >= 0.3 is 5.69 Å². The van der Waals surface area contributed by atoms with Gasteiger partial charge in [-0.1, -0.05) is 48.5 Å². The number of hydrogen-bond donors (Lipinski definition) is 2. The summed E-state index contributed by atoms with van der Waals surface area (Å²) in [5.41, 5.74) is -0.147. The number of rotatable bonds is 6. The van der Waals surface area contributed by atoms with Crippen molar-refractivity contribution < 1.29 is 13.6 Å². The average Bonchev–Trinajstić information content (AvgIpc) is 2.79. The van der Waals surface area contributed by atoms with Crippen LogP contribution in [0.25, 0.3) is 10.9 Å². The van der Waals surface area contributed by atoms with E-state index < -0.39 is 40.9 Å². The summed E-state index contributed by atoms with van der Waals surface area (Å²) in [6.45, 7) is 1.54. The summed E-state index contributed by atoms with van der Waals surface area (Å²) >= 11 is 0. The Morgan fingerprint density at radius 2 is 1.70 bits per heavy atom. The molecule has 1 unspecified atom stereocenters. The van der Waals surface area contributed by atoms with Gasteiger partial charge in [-0.05, 0) is 30.7 Å². The number of benzene rings is 3. The molecule has 168 valence electrons. The third kappa shape index (κ3) is 4.59. The highest BCUT2D eigenvalue weighted by Crippen LogP contribution is 2.20. The van der Waals surface area contributed by atoms with Crippen LogP contribution in [0.3, 0.4) is 0 Å². The molecule has 0 saturated heterocycles. The van der Waals surface area contributed by atoms with E-state index in [1.54, 1.807) is 55.5 Å². The average molecular weight is 449 g/mol. The van der Waals surface area contributed by atoms with Gasteiger partial charge in [-0.15, -0.1) is 0 Å². The molecule has 4 aromatic rings. The summed E-state index contributed by atoms with van der Waals surface area (Å²) in [5, 5.41) is 2.93. The molecule has 0 aliphatic rings. The molecule has 4 rings (SSSR count). The van der Waals surface area contributed by atoms with Crippen molar-refractivity contribution >= 4 is 16.8 Å². The van der Waals surface area contributed by atoms with E-state index in [0.29, 0.717) is 5.52 Å². The number of nitrogens with one attached hydrogen (secondary N) is 2. The predicted octanol–water partition coefficient (Wildman–Crippen LogP) is 3.63. The van der Waals surface area contributed by atoms with Gasteiger partial charge in [0.2, 0.25) is 5.91 Å². The van der Waals surface area contributed by atoms with Crippen LogP contribution in [0.4, 0.5) is 8.78 Å². The molecular weight excluding hydrogens is 428 g/mol. The monoisotopic (exact) mass is 449 g/mol. The maximum Gasteiger partial charge on any atom is 0.329 e. The highest BCUT2D eigenvalue weighted by atomic mass is 19.1. The van der Waals surface area contributed by atoms with E-state index in [1.165, 1.54) is 6.07 Å². The van der Waals surface area contributed by atoms with Gasteiger partial charge in [-0.2, -0.15) is 0 Å². The molecule has 1 aromatic heterocycles. The van der Waals surface area contributed by atoms with Crippen molar-refractivity contribution in [3.05, 3.63) is 116 Å². The largest absolute Gasteiger partial charge is 0.348 e. The number of halogens is 2. The van der Waals surface area contributed by atoms with Gasteiger partial charge in [0.25, 0.3) is 5.56 Å². The summed E-state index contributed by atoms with van der Waals surface area (Å²) in [4.78, 5) is 42.0. The second kappa shape index (κ2) is 9.20. The SMILES string of the molecule is C[C@H](NC(=O)C(Cc1ccccc1)n1c(=O)[nH]c2ccccc2c1=O)c1ccc(F)cc1F. The number of nitrogens with zero attached hydrogens (tertiary/aromatic N) is 1. The zero-order chi connectivity index (χ0) is 23.5. The quantitative estimate of drug-likeness (QED) is 0.472. The third-order valence-electron chi connectivity index (χ3n) is 5.51. The second-order valence-electron chi connectivity index (χ2n) is 7.75. The fourth-order valence-electron chi connectivity index (χ4n) is 3.84. The Balaban J connectivity index is 1.76. The number of carbonyl (C=O) groups excluding carboxylic acids is 1. The molecule has 0 aliphatic carbocycles. The molecule has 0 saturated carbocycles. The molecule has 8 heteroatoms. The molecular formula is C25H21F2N3O3. The minimum absolute atomic E-state index is 0.0621. The van der Waals surface area contributed by atoms with Crippen molar-refractivity contribution in [2.75, 3.05) is 0 Å². The number of aromatic amines is 1. The number of carbonyl (C=O) groups is 1. The number of H-pyrrole nitrogens is 1. The molecule has 3 aromatic carbocycles. The van der Waals surface area contributed by atoms with Crippen LogP contribution in [0.2, 0.25) is 0 Å². The van der Waals surface area contributed by atoms with Crippen molar-refractivity contribution in [1.29, 1.82) is 0 Å². The molecule has 2 N–H and O–H groups in total. The summed E-state index contributed by atoms with van der Waals surface area (Å²) < 4.78 is 28.4. The highest BCUT2D eigenvalue weighted by molar-refractivity contribution is 5.82. The summed E-state index contributed by atoms with van der Waals surface area (Å²) in [6, 6.07) is 16.5. The first kappa shape index (κ1) is 22.1. The Morgan fingerprint density at radius 3 is 2.42 bits per heavy atom. The Labute approximate surface area is 187 Å². The zero-order valence-corrected chi connectivity index (χ0v) is 17.7. The van der Waals surface area contributed by atoms with Gasteiger partial charge in [-0.25, -0.2) is 18.1 Å². The van der Waals surface area contributed by atoms with Gasteiger partial charge in [0, 0.05) is 18.1 Å². The van der Waals surface area contributed by atoms with Gasteiger partial charge in [0.05, 0.1) is 16.9 Å². The lowest BCUT2D eigenvalue weighted by Crippen LogP contribution is -2.46. The van der Waals surface area contributed by atoms with Crippen LogP contribution < -0.4 is 16.6 Å². The van der Waals surface area contributed by atoms with E-state index in [4.69, 9.17) is 0 Å². The van der Waals surface area contributed by atoms with Crippen LogP contribution in [0.5, 0.6) is 0 Å². The molecule has 0 fully saturated rings. The van der Waals surface area contributed by atoms with Crippen LogP contribution in [-0.4, -0.2) is 15.5 Å². The first-order chi connectivity index (χ1) is 15.8. The lowest BCUT2D eigenvalue weighted by molar-refractivity contribution is -0.125. The predicted molar refractivity (Wildman–Crippen MR) is 121 cm³/mol. The fourth-order valence-corrected chi connectivity index (χ4v) is 3.84. The first-order valence-corrected chi connectivity index (χ1v) is 10.4. The van der Waals surface area contributed by atoms with Crippen molar-refractivity contribution in [1.82, 2.24) is 14.9 Å². The number of fused-ring (bicyclic) bond motifs is 1. The lowest BCUT2D eigenvalue weighted by Gasteiger charge is -2.22. The smallest absolute Gasteiger partial charge is 0.329 e. The molecule has 0 bridgehead atoms. The molecule has 0 spiro atoms. The normalized spacial score (nSPS) is 12.9. The van der Waals surface area contributed by atoms with E-state index in [9.17, 15) is 23.2 Å². The first-order valence-electron chi connectivity index (χ1n) is 10.4. The van der Waals surface area contributed by atoms with Gasteiger partial charge in [-0.3, -0.25) is 9.59 Å². The van der Waals surface area contributed by atoms with Crippen LogP contribution >= 0.6 is 0 Å². The van der Waals surface area contributed by atoms with Gasteiger partial charge < -0.3 is 10.3 Å². The van der Waals surface area contributed by atoms with Crippen LogP contribution in [0, 0.1) is 11.6 Å². The fraction of sp³-hybridized carbons (Fsp3) is 0.160. The Kier molecular flexibility index (Phi) is 6.17. The summed E-state index contributed by atoms with van der Waals surface area (Å²) in [7, 11) is 0. The maximum atomic E-state index is 14.2. The molecule has 2 atom stereocenters. The minimum atomic E-state index is -1.20. The summed E-state index contributed by atoms with van der Waals surface area (Å²) in [5.74, 6) is -2.17. The molecule has 1 heterocycles. The Morgan fingerprint density at radius 1 is 1.00 bits per heavy atom. The van der Waals surface area contributed by atoms with Crippen molar-refractivity contribution in [3.63, 3.8) is 0 Å². The summed E-state index contributed by atoms with van der Waals surface area (Å²) in [6.07, 6.45) is 0.0621. The number of para-hydroxylation sites is 1. The van der Waals surface area contributed by atoms with Crippen LogP contribution in [0.15, 0.2) is 82.4 Å². The standard InChI is InChI=1S/C25H21F2N3O3/c1-15(18-12-11-17(26)14-20(18)27)28-23(31)22(13-16-7-3-2-4-8-16)30-24(32)19-9-5-6-10-21(19)29-25(30)33/h2-12,14-15,22H,13H2,1H3,(H,28,31)(H,29,33)/t15-,22?/m0/s1.